The lowest BCUT2D eigenvalue weighted by molar-refractivity contribution is 0.0688. The number of rotatable bonds is 5. The second-order valence-electron chi connectivity index (χ2n) is 3.37. The number of para-hydroxylation sites is 2. The molecule has 2 rings (SSSR count). The van der Waals surface area contributed by atoms with Crippen LogP contribution in [-0.2, 0) is 6.61 Å². The number of carboxylic acids is 1. The summed E-state index contributed by atoms with van der Waals surface area (Å²) in [6.45, 7) is 0.159. The second kappa shape index (κ2) is 5.50. The van der Waals surface area contributed by atoms with Crippen LogP contribution in [-0.4, -0.2) is 23.2 Å². The fourth-order valence-corrected chi connectivity index (χ4v) is 2.09. The number of methoxy groups -OCH3 is 1. The number of aromatic carboxylic acids is 1. The van der Waals surface area contributed by atoms with Crippen molar-refractivity contribution in [2.24, 2.45) is 0 Å². The van der Waals surface area contributed by atoms with Gasteiger partial charge in [0.2, 0.25) is 0 Å². The van der Waals surface area contributed by atoms with Crippen LogP contribution in [0, 0.1) is 0 Å². The van der Waals surface area contributed by atoms with Crippen molar-refractivity contribution < 1.29 is 19.4 Å². The predicted molar refractivity (Wildman–Crippen MR) is 66.4 cm³/mol. The topological polar surface area (TPSA) is 68.7 Å². The van der Waals surface area contributed by atoms with Crippen LogP contribution in [0.5, 0.6) is 11.5 Å². The van der Waals surface area contributed by atoms with Gasteiger partial charge in [-0.2, -0.15) is 0 Å². The average molecular weight is 265 g/mol. The lowest BCUT2D eigenvalue weighted by atomic mass is 10.3. The summed E-state index contributed by atoms with van der Waals surface area (Å²) < 4.78 is 10.7. The van der Waals surface area contributed by atoms with E-state index in [4.69, 9.17) is 14.6 Å². The monoisotopic (exact) mass is 265 g/mol. The Bertz CT molecular complexity index is 553. The molecule has 1 aromatic heterocycles. The Labute approximate surface area is 108 Å². The largest absolute Gasteiger partial charge is 0.493 e. The minimum Gasteiger partial charge on any atom is -0.493 e. The van der Waals surface area contributed by atoms with E-state index in [9.17, 15) is 4.79 Å². The number of benzene rings is 1. The van der Waals surface area contributed by atoms with Crippen LogP contribution in [0.4, 0.5) is 0 Å². The Kier molecular flexibility index (Phi) is 3.78. The molecule has 0 bridgehead atoms. The highest BCUT2D eigenvalue weighted by Gasteiger charge is 2.14. The third kappa shape index (κ3) is 2.60. The molecular weight excluding hydrogens is 254 g/mol. The van der Waals surface area contributed by atoms with E-state index >= 15 is 0 Å². The number of hydrogen-bond acceptors (Lipinski definition) is 5. The first-order valence-corrected chi connectivity index (χ1v) is 6.02. The van der Waals surface area contributed by atoms with Gasteiger partial charge in [-0.1, -0.05) is 12.1 Å². The van der Waals surface area contributed by atoms with Crippen LogP contribution >= 0.6 is 11.3 Å². The number of thiazole rings is 1. The first-order chi connectivity index (χ1) is 8.72. The zero-order chi connectivity index (χ0) is 13.0. The number of ether oxygens (including phenoxy) is 2. The summed E-state index contributed by atoms with van der Waals surface area (Å²) >= 11 is 1.25. The quantitative estimate of drug-likeness (QED) is 0.899. The van der Waals surface area contributed by atoms with Crippen molar-refractivity contribution in [1.82, 2.24) is 4.98 Å². The van der Waals surface area contributed by atoms with Gasteiger partial charge in [-0.3, -0.25) is 0 Å². The van der Waals surface area contributed by atoms with Gasteiger partial charge in [-0.15, -0.1) is 11.3 Å². The van der Waals surface area contributed by atoms with Gasteiger partial charge in [0.1, 0.15) is 6.61 Å². The highest BCUT2D eigenvalue weighted by molar-refractivity contribution is 7.09. The molecule has 18 heavy (non-hydrogen) atoms. The maximum atomic E-state index is 10.9. The van der Waals surface area contributed by atoms with E-state index in [0.29, 0.717) is 16.4 Å². The number of aromatic nitrogens is 1. The highest BCUT2D eigenvalue weighted by atomic mass is 32.1. The molecule has 0 amide bonds. The maximum Gasteiger partial charge on any atom is 0.355 e. The Morgan fingerprint density at radius 3 is 2.78 bits per heavy atom. The number of carbonyl (C=O) groups is 1. The molecule has 0 saturated carbocycles. The summed E-state index contributed by atoms with van der Waals surface area (Å²) in [6, 6.07) is 7.20. The van der Waals surface area contributed by atoms with Crippen molar-refractivity contribution >= 4 is 17.3 Å². The smallest absolute Gasteiger partial charge is 0.355 e. The van der Waals surface area contributed by atoms with Crippen LogP contribution in [0.2, 0.25) is 0 Å². The normalized spacial score (nSPS) is 10.1. The summed E-state index contributed by atoms with van der Waals surface area (Å²) in [4.78, 5) is 15.2. The van der Waals surface area contributed by atoms with Gasteiger partial charge < -0.3 is 14.6 Å². The third-order valence-corrected chi connectivity index (χ3v) is 3.08. The van der Waals surface area contributed by atoms with E-state index in [1.807, 2.05) is 12.1 Å². The van der Waals surface area contributed by atoms with Gasteiger partial charge in [0, 0.05) is 0 Å². The van der Waals surface area contributed by atoms with E-state index < -0.39 is 5.97 Å². The molecule has 0 spiro atoms. The SMILES string of the molecule is COc1ccccc1OCc1scnc1C(=O)O. The second-order valence-corrected chi connectivity index (χ2v) is 4.31. The molecule has 0 unspecified atom stereocenters. The van der Waals surface area contributed by atoms with Gasteiger partial charge in [-0.25, -0.2) is 9.78 Å². The first kappa shape index (κ1) is 12.4. The summed E-state index contributed by atoms with van der Waals surface area (Å²) in [5.41, 5.74) is 1.53. The van der Waals surface area contributed by atoms with Gasteiger partial charge in [0.25, 0.3) is 0 Å². The molecule has 94 valence electrons. The van der Waals surface area contributed by atoms with Crippen LogP contribution in [0.3, 0.4) is 0 Å². The Balaban J connectivity index is 2.11. The minimum absolute atomic E-state index is 0.0369. The molecule has 0 saturated heterocycles. The lowest BCUT2D eigenvalue weighted by Crippen LogP contribution is -2.04. The molecule has 2 aromatic rings. The van der Waals surface area contributed by atoms with Crippen LogP contribution in [0.15, 0.2) is 29.8 Å². The van der Waals surface area contributed by atoms with Gasteiger partial charge in [0.05, 0.1) is 17.5 Å². The molecule has 6 heteroatoms. The van der Waals surface area contributed by atoms with Crippen molar-refractivity contribution in [3.63, 3.8) is 0 Å². The Morgan fingerprint density at radius 1 is 1.39 bits per heavy atom. The Hall–Kier alpha value is -2.08. The molecule has 5 nitrogen and oxygen atoms in total. The van der Waals surface area contributed by atoms with Gasteiger partial charge in [-0.05, 0) is 12.1 Å². The fraction of sp³-hybridized carbons (Fsp3) is 0.167. The zero-order valence-corrected chi connectivity index (χ0v) is 10.4. The molecule has 1 N–H and O–H groups in total. The maximum absolute atomic E-state index is 10.9. The molecule has 0 radical (unpaired) electrons. The van der Waals surface area contributed by atoms with E-state index in [1.165, 1.54) is 16.8 Å². The van der Waals surface area contributed by atoms with Crippen molar-refractivity contribution in [3.05, 3.63) is 40.3 Å². The first-order valence-electron chi connectivity index (χ1n) is 5.14. The van der Waals surface area contributed by atoms with E-state index in [1.54, 1.807) is 19.2 Å². The number of carboxylic acid groups (broad SMARTS) is 1. The molecule has 0 aliphatic carbocycles. The zero-order valence-electron chi connectivity index (χ0n) is 9.62. The molecule has 0 aliphatic rings. The Morgan fingerprint density at radius 2 is 2.11 bits per heavy atom. The lowest BCUT2D eigenvalue weighted by Gasteiger charge is -2.09. The summed E-state index contributed by atoms with van der Waals surface area (Å²) in [7, 11) is 1.55. The molecule has 1 heterocycles. The van der Waals surface area contributed by atoms with Gasteiger partial charge >= 0.3 is 5.97 Å². The molecule has 1 aromatic carbocycles. The van der Waals surface area contributed by atoms with E-state index in [-0.39, 0.29) is 12.3 Å². The predicted octanol–water partition coefficient (Wildman–Crippen LogP) is 2.43. The molecule has 0 fully saturated rings. The molecule has 0 aliphatic heterocycles. The van der Waals surface area contributed by atoms with Crippen LogP contribution < -0.4 is 9.47 Å². The van der Waals surface area contributed by atoms with Crippen molar-refractivity contribution in [1.29, 1.82) is 0 Å². The van der Waals surface area contributed by atoms with Crippen molar-refractivity contribution in [2.75, 3.05) is 7.11 Å². The van der Waals surface area contributed by atoms with E-state index in [0.717, 1.165) is 0 Å². The van der Waals surface area contributed by atoms with E-state index in [2.05, 4.69) is 4.98 Å². The summed E-state index contributed by atoms with van der Waals surface area (Å²) in [5, 5.41) is 8.92. The fourth-order valence-electron chi connectivity index (χ4n) is 1.43. The minimum atomic E-state index is -1.05. The van der Waals surface area contributed by atoms with Crippen LogP contribution in [0.1, 0.15) is 15.4 Å². The summed E-state index contributed by atoms with van der Waals surface area (Å²) in [6.07, 6.45) is 0. The molecule has 0 atom stereocenters. The van der Waals surface area contributed by atoms with Crippen LogP contribution in [0.25, 0.3) is 0 Å². The average Bonchev–Trinajstić information content (AvgIpc) is 2.85. The van der Waals surface area contributed by atoms with Crippen molar-refractivity contribution in [2.45, 2.75) is 6.61 Å². The third-order valence-electron chi connectivity index (χ3n) is 2.27. The molecular formula is C12H11NO4S. The highest BCUT2D eigenvalue weighted by Crippen LogP contribution is 2.27. The number of hydrogen-bond donors (Lipinski definition) is 1. The number of nitrogens with zero attached hydrogens (tertiary/aromatic N) is 1. The summed E-state index contributed by atoms with van der Waals surface area (Å²) in [5.74, 6) is 0.138. The standard InChI is InChI=1S/C12H11NO4S/c1-16-8-4-2-3-5-9(8)17-6-10-11(12(14)15)13-7-18-10/h2-5,7H,6H2,1H3,(H,14,15). The van der Waals surface area contributed by atoms with Crippen molar-refractivity contribution in [3.8, 4) is 11.5 Å². The van der Waals surface area contributed by atoms with Gasteiger partial charge in [0.15, 0.2) is 17.2 Å².